The lowest BCUT2D eigenvalue weighted by atomic mass is 9.98. The zero-order valence-corrected chi connectivity index (χ0v) is 12.6. The van der Waals surface area contributed by atoms with Crippen molar-refractivity contribution in [1.82, 2.24) is 20.3 Å². The largest absolute Gasteiger partial charge is 0.481 e. The number of carboxylic acid groups (broad SMARTS) is 1. The molecule has 122 valence electrons. The number of pyridine rings is 1. The molecule has 2 aromatic heterocycles. The number of carboxylic acids is 1. The van der Waals surface area contributed by atoms with E-state index in [0.29, 0.717) is 0 Å². The fourth-order valence-corrected chi connectivity index (χ4v) is 2.03. The van der Waals surface area contributed by atoms with Gasteiger partial charge in [-0.1, -0.05) is 0 Å². The minimum absolute atomic E-state index is 0.0792. The monoisotopic (exact) mass is 320 g/mol. The molecule has 4 N–H and O–H groups in total. The summed E-state index contributed by atoms with van der Waals surface area (Å²) in [6, 6.07) is 1.32. The molecule has 0 aliphatic heterocycles. The topological polar surface area (TPSA) is 145 Å². The Bertz CT molecular complexity index is 881. The van der Waals surface area contributed by atoms with Crippen molar-refractivity contribution in [1.29, 1.82) is 0 Å². The molecule has 0 atom stereocenters. The first kappa shape index (κ1) is 16.4. The van der Waals surface area contributed by atoms with Crippen molar-refractivity contribution in [3.63, 3.8) is 0 Å². The molecule has 0 bridgehead atoms. The first-order chi connectivity index (χ1) is 10.7. The van der Waals surface area contributed by atoms with Crippen molar-refractivity contribution in [3.05, 3.63) is 38.7 Å². The van der Waals surface area contributed by atoms with Crippen LogP contribution in [0.5, 0.6) is 0 Å². The highest BCUT2D eigenvalue weighted by atomic mass is 16.4. The number of H-pyrrole nitrogens is 2. The Kier molecular flexibility index (Phi) is 4.30. The molecule has 0 aliphatic carbocycles. The molecule has 0 aromatic carbocycles. The fourth-order valence-electron chi connectivity index (χ4n) is 2.03. The predicted molar refractivity (Wildman–Crippen MR) is 81.4 cm³/mol. The van der Waals surface area contributed by atoms with Crippen LogP contribution in [0.15, 0.2) is 21.9 Å². The Morgan fingerprint density at radius 3 is 2.65 bits per heavy atom. The van der Waals surface area contributed by atoms with Gasteiger partial charge >= 0.3 is 11.7 Å². The number of carbonyl (C=O) groups excluding carboxylic acids is 1. The van der Waals surface area contributed by atoms with Crippen molar-refractivity contribution < 1.29 is 14.7 Å². The van der Waals surface area contributed by atoms with Crippen molar-refractivity contribution >= 4 is 22.9 Å². The highest BCUT2D eigenvalue weighted by molar-refractivity contribution is 5.97. The summed E-state index contributed by atoms with van der Waals surface area (Å²) in [7, 11) is 0. The van der Waals surface area contributed by atoms with Gasteiger partial charge in [0.05, 0.1) is 10.9 Å². The van der Waals surface area contributed by atoms with Crippen LogP contribution in [0.1, 0.15) is 37.0 Å². The van der Waals surface area contributed by atoms with Crippen molar-refractivity contribution in [3.8, 4) is 0 Å². The number of hydrogen-bond donors (Lipinski definition) is 4. The van der Waals surface area contributed by atoms with E-state index < -0.39 is 28.7 Å². The third-order valence-corrected chi connectivity index (χ3v) is 3.27. The normalized spacial score (nSPS) is 11.4. The van der Waals surface area contributed by atoms with E-state index >= 15 is 0 Å². The molecule has 0 saturated carbocycles. The molecular weight excluding hydrogens is 304 g/mol. The van der Waals surface area contributed by atoms with E-state index in [1.165, 1.54) is 12.3 Å². The van der Waals surface area contributed by atoms with E-state index in [0.717, 1.165) is 0 Å². The second-order valence-corrected chi connectivity index (χ2v) is 5.76. The number of rotatable bonds is 5. The molecule has 9 nitrogen and oxygen atoms in total. The summed E-state index contributed by atoms with van der Waals surface area (Å²) in [5.41, 5.74) is -1.83. The lowest BCUT2D eigenvalue weighted by molar-refractivity contribution is -0.137. The number of amides is 1. The van der Waals surface area contributed by atoms with E-state index in [2.05, 4.69) is 20.3 Å². The van der Waals surface area contributed by atoms with Gasteiger partial charge in [0, 0.05) is 18.2 Å². The van der Waals surface area contributed by atoms with E-state index in [9.17, 15) is 19.2 Å². The zero-order valence-electron chi connectivity index (χ0n) is 12.6. The molecule has 0 spiro atoms. The quantitative estimate of drug-likeness (QED) is 0.609. The van der Waals surface area contributed by atoms with E-state index in [4.69, 9.17) is 5.11 Å². The Hall–Kier alpha value is -2.97. The first-order valence-corrected chi connectivity index (χ1v) is 6.85. The Labute approximate surface area is 129 Å². The maximum Gasteiger partial charge on any atom is 0.327 e. The Balaban J connectivity index is 2.26. The fraction of sp³-hybridized carbons (Fsp3) is 0.357. The summed E-state index contributed by atoms with van der Waals surface area (Å²) in [5, 5.41) is 11.5. The number of aliphatic carboxylic acids is 1. The molecule has 2 aromatic rings. The second kappa shape index (κ2) is 6.03. The summed E-state index contributed by atoms with van der Waals surface area (Å²) < 4.78 is 0. The van der Waals surface area contributed by atoms with Gasteiger partial charge in [-0.3, -0.25) is 24.4 Å². The van der Waals surface area contributed by atoms with Gasteiger partial charge in [0.1, 0.15) is 5.65 Å². The van der Waals surface area contributed by atoms with Crippen molar-refractivity contribution in [2.24, 2.45) is 0 Å². The van der Waals surface area contributed by atoms with Crippen LogP contribution in [0, 0.1) is 0 Å². The van der Waals surface area contributed by atoms with Crippen LogP contribution in [0.25, 0.3) is 11.0 Å². The maximum absolute atomic E-state index is 12.2. The first-order valence-electron chi connectivity index (χ1n) is 6.85. The lowest BCUT2D eigenvalue weighted by Crippen LogP contribution is -2.43. The van der Waals surface area contributed by atoms with E-state index in [-0.39, 0.29) is 29.4 Å². The van der Waals surface area contributed by atoms with Crippen LogP contribution in [0.4, 0.5) is 0 Å². The third kappa shape index (κ3) is 4.02. The molecule has 0 unspecified atom stereocenters. The summed E-state index contributed by atoms with van der Waals surface area (Å²) in [4.78, 5) is 54.1. The summed E-state index contributed by atoms with van der Waals surface area (Å²) in [5.74, 6) is -1.43. The zero-order chi connectivity index (χ0) is 17.2. The highest BCUT2D eigenvalue weighted by Gasteiger charge is 2.22. The van der Waals surface area contributed by atoms with Crippen molar-refractivity contribution in [2.75, 3.05) is 0 Å². The average molecular weight is 320 g/mol. The standard InChI is InChI=1S/C14H16N4O5/c1-14(2,4-3-9(19)20)18-11(21)7-5-8-10(15-6-7)16-13(23)17-12(8)22/h5-6H,3-4H2,1-2H3,(H,18,21)(H,19,20)(H2,15,16,17,22,23). The summed E-state index contributed by atoms with van der Waals surface area (Å²) in [6.07, 6.45) is 1.41. The Morgan fingerprint density at radius 2 is 2.00 bits per heavy atom. The van der Waals surface area contributed by atoms with Crippen LogP contribution >= 0.6 is 0 Å². The predicted octanol–water partition coefficient (Wildman–Crippen LogP) is -0.0154. The maximum atomic E-state index is 12.2. The number of hydrogen-bond acceptors (Lipinski definition) is 5. The van der Waals surface area contributed by atoms with Crippen LogP contribution in [-0.4, -0.2) is 37.5 Å². The molecule has 0 fully saturated rings. The molecule has 2 heterocycles. The number of aromatic nitrogens is 3. The summed E-state index contributed by atoms with van der Waals surface area (Å²) in [6.45, 7) is 3.40. The molecule has 0 radical (unpaired) electrons. The smallest absolute Gasteiger partial charge is 0.327 e. The van der Waals surface area contributed by atoms with Gasteiger partial charge in [0.15, 0.2) is 0 Å². The number of carbonyl (C=O) groups is 2. The molecule has 0 saturated heterocycles. The third-order valence-electron chi connectivity index (χ3n) is 3.27. The lowest BCUT2D eigenvalue weighted by Gasteiger charge is -2.25. The molecule has 23 heavy (non-hydrogen) atoms. The Morgan fingerprint density at radius 1 is 1.30 bits per heavy atom. The number of fused-ring (bicyclic) bond motifs is 1. The van der Waals surface area contributed by atoms with Gasteiger partial charge in [-0.25, -0.2) is 9.78 Å². The van der Waals surface area contributed by atoms with Gasteiger partial charge in [-0.05, 0) is 26.3 Å². The molecule has 9 heteroatoms. The second-order valence-electron chi connectivity index (χ2n) is 5.76. The van der Waals surface area contributed by atoms with E-state index in [1.54, 1.807) is 13.8 Å². The van der Waals surface area contributed by atoms with Gasteiger partial charge in [0.2, 0.25) is 0 Å². The van der Waals surface area contributed by atoms with Gasteiger partial charge in [0.25, 0.3) is 11.5 Å². The van der Waals surface area contributed by atoms with Gasteiger partial charge in [-0.2, -0.15) is 0 Å². The minimum atomic E-state index is -0.949. The van der Waals surface area contributed by atoms with Crippen LogP contribution in [0.2, 0.25) is 0 Å². The van der Waals surface area contributed by atoms with E-state index in [1.807, 2.05) is 0 Å². The van der Waals surface area contributed by atoms with Gasteiger partial charge in [-0.15, -0.1) is 0 Å². The number of aromatic amines is 2. The van der Waals surface area contributed by atoms with Crippen LogP contribution < -0.4 is 16.6 Å². The average Bonchev–Trinajstić information content (AvgIpc) is 2.44. The molecular formula is C14H16N4O5. The molecule has 0 aliphatic rings. The minimum Gasteiger partial charge on any atom is -0.481 e. The van der Waals surface area contributed by atoms with Crippen LogP contribution in [0.3, 0.4) is 0 Å². The van der Waals surface area contributed by atoms with Crippen molar-refractivity contribution in [2.45, 2.75) is 32.2 Å². The highest BCUT2D eigenvalue weighted by Crippen LogP contribution is 2.13. The molecule has 1 amide bonds. The van der Waals surface area contributed by atoms with Crippen LogP contribution in [-0.2, 0) is 4.79 Å². The number of nitrogens with one attached hydrogen (secondary N) is 3. The molecule has 2 rings (SSSR count). The SMILES string of the molecule is CC(C)(CCC(=O)O)NC(=O)c1cnc2[nH]c(=O)[nH]c(=O)c2c1. The summed E-state index contributed by atoms with van der Waals surface area (Å²) >= 11 is 0. The number of nitrogens with zero attached hydrogens (tertiary/aromatic N) is 1. The van der Waals surface area contributed by atoms with Gasteiger partial charge < -0.3 is 10.4 Å².